The van der Waals surface area contributed by atoms with Gasteiger partial charge in [-0.25, -0.2) is 4.52 Å². The van der Waals surface area contributed by atoms with Crippen LogP contribution in [0.1, 0.15) is 12.5 Å². The third kappa shape index (κ3) is 3.93. The molecule has 6 heteroatoms. The molecule has 2 rings (SSSR count). The first-order chi connectivity index (χ1) is 9.72. The molecule has 0 radical (unpaired) electrons. The lowest BCUT2D eigenvalue weighted by atomic mass is 10.2. The number of rotatable bonds is 5. The Hall–Kier alpha value is -1.63. The first-order valence-electron chi connectivity index (χ1n) is 6.10. The van der Waals surface area contributed by atoms with E-state index in [1.807, 2.05) is 24.3 Å². The number of hydrogen-bond acceptors (Lipinski definition) is 4. The molecular formula is C14H15NO3P2. The summed E-state index contributed by atoms with van der Waals surface area (Å²) < 4.78 is 14.9. The van der Waals surface area contributed by atoms with Gasteiger partial charge in [0.05, 0.1) is 0 Å². The maximum atomic E-state index is 9.56. The summed E-state index contributed by atoms with van der Waals surface area (Å²) in [6.45, 7) is 2.10. The van der Waals surface area contributed by atoms with E-state index in [1.165, 1.54) is 11.6 Å². The number of aromatic hydroxyl groups is 1. The molecule has 0 aromatic heterocycles. The van der Waals surface area contributed by atoms with E-state index >= 15 is 0 Å². The lowest BCUT2D eigenvalue weighted by Crippen LogP contribution is -1.88. The fourth-order valence-electron chi connectivity index (χ4n) is 1.64. The summed E-state index contributed by atoms with van der Waals surface area (Å²) in [4.78, 5) is 0. The Morgan fingerprint density at radius 3 is 2.55 bits per heavy atom. The minimum atomic E-state index is 0.122. The van der Waals surface area contributed by atoms with Crippen molar-refractivity contribution in [3.63, 3.8) is 0 Å². The van der Waals surface area contributed by atoms with Gasteiger partial charge < -0.3 is 14.4 Å². The highest BCUT2D eigenvalue weighted by molar-refractivity contribution is 7.31. The molecule has 0 amide bonds. The molecular weight excluding hydrogens is 292 g/mol. The smallest absolute Gasteiger partial charge is 0.245 e. The predicted octanol–water partition coefficient (Wildman–Crippen LogP) is 4.96. The molecule has 0 aliphatic heterocycles. The van der Waals surface area contributed by atoms with Crippen molar-refractivity contribution < 1.29 is 14.4 Å². The van der Waals surface area contributed by atoms with Gasteiger partial charge in [0.25, 0.3) is 0 Å². The van der Waals surface area contributed by atoms with E-state index in [0.717, 1.165) is 6.42 Å². The van der Waals surface area contributed by atoms with E-state index in [1.54, 1.807) is 12.1 Å². The molecule has 1 unspecified atom stereocenters. The number of benzene rings is 2. The van der Waals surface area contributed by atoms with Crippen LogP contribution in [0, 0.1) is 0 Å². The standard InChI is InChI=1S/C14H15NO3P2/c1-2-10-3-6-12(7-4-10)17-14-9-11(16)5-8-13(14)18-20-15-19/h3-9,16H,2,19H2,1H3. The SMILES string of the molecule is CCc1ccc(Oc2cc(O)ccc2OP=NP)cc1. The molecule has 0 aliphatic carbocycles. The monoisotopic (exact) mass is 307 g/mol. The lowest BCUT2D eigenvalue weighted by molar-refractivity contribution is 0.440. The second-order valence-corrected chi connectivity index (χ2v) is 5.29. The summed E-state index contributed by atoms with van der Waals surface area (Å²) in [5.74, 6) is 1.79. The van der Waals surface area contributed by atoms with Crippen LogP contribution in [0.2, 0.25) is 0 Å². The van der Waals surface area contributed by atoms with E-state index in [9.17, 15) is 5.11 Å². The first kappa shape index (κ1) is 14.8. The molecule has 0 saturated carbocycles. The van der Waals surface area contributed by atoms with Gasteiger partial charge in [-0.2, -0.15) is 0 Å². The molecule has 0 fully saturated rings. The average molecular weight is 307 g/mol. The number of phenols is 1. The van der Waals surface area contributed by atoms with Crippen LogP contribution in [0.4, 0.5) is 0 Å². The van der Waals surface area contributed by atoms with Crippen LogP contribution >= 0.6 is 18.0 Å². The zero-order valence-electron chi connectivity index (χ0n) is 11.0. The van der Waals surface area contributed by atoms with Gasteiger partial charge in [0, 0.05) is 6.07 Å². The zero-order valence-corrected chi connectivity index (χ0v) is 13.0. The Morgan fingerprint density at radius 1 is 1.15 bits per heavy atom. The molecule has 20 heavy (non-hydrogen) atoms. The Balaban J connectivity index is 2.23. The third-order valence-electron chi connectivity index (χ3n) is 2.67. The van der Waals surface area contributed by atoms with E-state index in [-0.39, 0.29) is 5.75 Å². The number of nitrogens with zero attached hydrogens (tertiary/aromatic N) is 1. The van der Waals surface area contributed by atoms with Crippen LogP contribution in [0.5, 0.6) is 23.0 Å². The molecule has 0 saturated heterocycles. The van der Waals surface area contributed by atoms with Crippen LogP contribution < -0.4 is 9.26 Å². The van der Waals surface area contributed by atoms with Crippen LogP contribution in [0.3, 0.4) is 0 Å². The van der Waals surface area contributed by atoms with Gasteiger partial charge in [-0.05, 0) is 45.6 Å². The Bertz CT molecular complexity index is 600. The largest absolute Gasteiger partial charge is 0.508 e. The maximum Gasteiger partial charge on any atom is 0.245 e. The topological polar surface area (TPSA) is 51.0 Å². The van der Waals surface area contributed by atoms with Crippen LogP contribution in [0.25, 0.3) is 0 Å². The highest BCUT2D eigenvalue weighted by Crippen LogP contribution is 2.36. The number of hydrogen-bond donors (Lipinski definition) is 1. The Labute approximate surface area is 122 Å². The van der Waals surface area contributed by atoms with Crippen molar-refractivity contribution in [3.05, 3.63) is 48.0 Å². The Kier molecular flexibility index (Phi) is 5.34. The Morgan fingerprint density at radius 2 is 1.90 bits per heavy atom. The van der Waals surface area contributed by atoms with Crippen LogP contribution in [0.15, 0.2) is 47.0 Å². The lowest BCUT2D eigenvalue weighted by Gasteiger charge is -2.10. The van der Waals surface area contributed by atoms with Crippen molar-refractivity contribution in [3.8, 4) is 23.0 Å². The summed E-state index contributed by atoms with van der Waals surface area (Å²) in [6, 6.07) is 12.5. The zero-order chi connectivity index (χ0) is 14.4. The number of aryl methyl sites for hydroxylation is 1. The molecule has 104 valence electrons. The fourth-order valence-corrected chi connectivity index (χ4v) is 2.07. The minimum Gasteiger partial charge on any atom is -0.508 e. The maximum absolute atomic E-state index is 9.56. The van der Waals surface area contributed by atoms with Gasteiger partial charge in [0.1, 0.15) is 11.5 Å². The highest BCUT2D eigenvalue weighted by Gasteiger charge is 2.08. The second kappa shape index (κ2) is 7.23. The van der Waals surface area contributed by atoms with Crippen molar-refractivity contribution in [2.45, 2.75) is 13.3 Å². The number of ether oxygens (including phenoxy) is 1. The van der Waals surface area contributed by atoms with Gasteiger partial charge in [-0.3, -0.25) is 0 Å². The summed E-state index contributed by atoms with van der Waals surface area (Å²) >= 11 is 0. The van der Waals surface area contributed by atoms with Crippen molar-refractivity contribution in [1.82, 2.24) is 0 Å². The van der Waals surface area contributed by atoms with Crippen LogP contribution in [-0.2, 0) is 6.42 Å². The summed E-state index contributed by atoms with van der Waals surface area (Å²) in [6.07, 6.45) is 0.981. The predicted molar refractivity (Wildman–Crippen MR) is 83.7 cm³/mol. The van der Waals surface area contributed by atoms with Crippen LogP contribution in [-0.4, -0.2) is 5.11 Å². The van der Waals surface area contributed by atoms with E-state index in [0.29, 0.717) is 25.8 Å². The molecule has 0 heterocycles. The highest BCUT2D eigenvalue weighted by atomic mass is 31.1. The van der Waals surface area contributed by atoms with Gasteiger partial charge in [0.15, 0.2) is 11.5 Å². The normalized spacial score (nSPS) is 10.7. The van der Waals surface area contributed by atoms with Crippen molar-refractivity contribution >= 4 is 18.0 Å². The molecule has 0 bridgehead atoms. The molecule has 0 spiro atoms. The second-order valence-electron chi connectivity index (χ2n) is 4.02. The molecule has 1 N–H and O–H groups in total. The first-order valence-corrected chi connectivity index (χ1v) is 7.38. The van der Waals surface area contributed by atoms with Crippen molar-refractivity contribution in [2.24, 2.45) is 4.52 Å². The molecule has 2 aromatic carbocycles. The summed E-state index contributed by atoms with van der Waals surface area (Å²) in [5, 5.41) is 9.56. The van der Waals surface area contributed by atoms with Crippen molar-refractivity contribution in [1.29, 1.82) is 0 Å². The quantitative estimate of drug-likeness (QED) is 0.794. The van der Waals surface area contributed by atoms with Gasteiger partial charge in [-0.1, -0.05) is 19.1 Å². The molecule has 0 aliphatic rings. The third-order valence-corrected chi connectivity index (χ3v) is 3.33. The minimum absolute atomic E-state index is 0.122. The van der Waals surface area contributed by atoms with Gasteiger partial charge in [0.2, 0.25) is 8.60 Å². The van der Waals surface area contributed by atoms with Gasteiger partial charge in [-0.15, -0.1) is 0 Å². The average Bonchev–Trinajstić information content (AvgIpc) is 2.47. The number of phenolic OH excluding ortho intramolecular Hbond substituents is 1. The fraction of sp³-hybridized carbons (Fsp3) is 0.143. The van der Waals surface area contributed by atoms with E-state index < -0.39 is 0 Å². The van der Waals surface area contributed by atoms with Gasteiger partial charge >= 0.3 is 0 Å². The molecule has 4 nitrogen and oxygen atoms in total. The summed E-state index contributed by atoms with van der Waals surface area (Å²) in [7, 11) is 2.67. The molecule has 1 atom stereocenters. The van der Waals surface area contributed by atoms with E-state index in [2.05, 4.69) is 20.8 Å². The molecule has 2 aromatic rings. The summed E-state index contributed by atoms with van der Waals surface area (Å²) in [5.41, 5.74) is 1.24. The van der Waals surface area contributed by atoms with Crippen molar-refractivity contribution in [2.75, 3.05) is 0 Å². The van der Waals surface area contributed by atoms with E-state index in [4.69, 9.17) is 9.26 Å².